The van der Waals surface area contributed by atoms with Crippen molar-refractivity contribution in [2.75, 3.05) is 37.5 Å². The van der Waals surface area contributed by atoms with E-state index in [1.165, 1.54) is 31.4 Å². The van der Waals surface area contributed by atoms with E-state index in [0.717, 1.165) is 12.1 Å². The van der Waals surface area contributed by atoms with Gasteiger partial charge in [-0.1, -0.05) is 12.1 Å². The molecule has 15 nitrogen and oxygen atoms in total. The number of nitrogens with zero attached hydrogens (tertiary/aromatic N) is 4. The molecule has 3 aromatic carbocycles. The smallest absolute Gasteiger partial charge is 0.340 e. The van der Waals surface area contributed by atoms with Gasteiger partial charge in [-0.2, -0.15) is 8.42 Å². The number of azo groups is 2. The van der Waals surface area contributed by atoms with Crippen LogP contribution in [0.1, 0.15) is 17.3 Å². The molecule has 6 N–H and O–H groups in total. The first kappa shape index (κ1) is 31.1. The number of esters is 1. The Labute approximate surface area is 235 Å². The summed E-state index contributed by atoms with van der Waals surface area (Å²) in [7, 11) is -7.47. The van der Waals surface area contributed by atoms with Crippen LogP contribution in [0.2, 0.25) is 0 Å². The zero-order chi connectivity index (χ0) is 30.4. The average Bonchev–Trinajstić information content (AvgIpc) is 2.92. The number of ether oxygens (including phenoxy) is 2. The van der Waals surface area contributed by atoms with Crippen molar-refractivity contribution in [3.8, 4) is 5.75 Å². The Balaban J connectivity index is 2.17. The van der Waals surface area contributed by atoms with E-state index in [-0.39, 0.29) is 45.6 Å². The number of anilines is 2. The number of hydrogen-bond donors (Lipinski definition) is 4. The summed E-state index contributed by atoms with van der Waals surface area (Å²) < 4.78 is 68.9. The van der Waals surface area contributed by atoms with Crippen molar-refractivity contribution in [2.24, 2.45) is 20.5 Å². The van der Waals surface area contributed by atoms with E-state index >= 15 is 0 Å². The average molecular weight is 607 g/mol. The zero-order valence-electron chi connectivity index (χ0n) is 21.8. The molecule has 3 aromatic rings. The standard InChI is InChI=1S/C24H26N6O9S2/c1-3-39-24(32)15-6-4-5-7-16(15)27-30-23-21(25)18(13-20(22(23)26)41(35,36)37)29-28-17-12-14(8-9-19(17)38-2)40(33,34)11-10-31/h4-9,12-13,31H,3,10-11,25-26H2,1-2H3,(H,35,36,37). The monoisotopic (exact) mass is 606 g/mol. The molecule has 3 rings (SSSR count). The molecule has 0 radical (unpaired) electrons. The lowest BCUT2D eigenvalue weighted by Gasteiger charge is -2.11. The van der Waals surface area contributed by atoms with Crippen molar-refractivity contribution in [3.05, 3.63) is 54.1 Å². The second-order valence-corrected chi connectivity index (χ2v) is 11.6. The summed E-state index contributed by atoms with van der Waals surface area (Å²) in [5.41, 5.74) is 10.6. The maximum absolute atomic E-state index is 12.4. The van der Waals surface area contributed by atoms with Crippen LogP contribution in [-0.2, 0) is 24.7 Å². The third-order valence-electron chi connectivity index (χ3n) is 5.39. The van der Waals surface area contributed by atoms with Gasteiger partial charge in [-0.15, -0.1) is 20.5 Å². The molecule has 0 fully saturated rings. The van der Waals surface area contributed by atoms with Gasteiger partial charge in [-0.25, -0.2) is 13.2 Å². The van der Waals surface area contributed by atoms with E-state index in [0.29, 0.717) is 0 Å². The van der Waals surface area contributed by atoms with E-state index < -0.39 is 54.6 Å². The molecule has 0 saturated heterocycles. The van der Waals surface area contributed by atoms with Gasteiger partial charge in [-0.05, 0) is 43.3 Å². The molecule has 0 aromatic heterocycles. The molecule has 218 valence electrons. The molecule has 0 aliphatic rings. The molecule has 41 heavy (non-hydrogen) atoms. The molecule has 0 unspecified atom stereocenters. The molecule has 0 heterocycles. The van der Waals surface area contributed by atoms with Gasteiger partial charge in [0.05, 0.1) is 47.9 Å². The summed E-state index contributed by atoms with van der Waals surface area (Å²) in [4.78, 5) is 11.3. The van der Waals surface area contributed by atoms with Gasteiger partial charge in [0.2, 0.25) is 0 Å². The van der Waals surface area contributed by atoms with Gasteiger partial charge in [0.1, 0.15) is 33.4 Å². The van der Waals surface area contributed by atoms with Crippen molar-refractivity contribution in [2.45, 2.75) is 16.7 Å². The molecular formula is C24H26N6O9S2. The maximum atomic E-state index is 12.4. The third-order valence-corrected chi connectivity index (χ3v) is 7.98. The van der Waals surface area contributed by atoms with Crippen LogP contribution < -0.4 is 16.2 Å². The minimum atomic E-state index is -4.92. The Kier molecular flexibility index (Phi) is 9.71. The fraction of sp³-hybridized carbons (Fsp3) is 0.208. The third kappa shape index (κ3) is 7.20. The van der Waals surface area contributed by atoms with E-state index in [9.17, 15) is 26.2 Å². The van der Waals surface area contributed by atoms with Crippen LogP contribution in [-0.4, -0.2) is 58.5 Å². The van der Waals surface area contributed by atoms with Gasteiger partial charge in [-0.3, -0.25) is 4.55 Å². The van der Waals surface area contributed by atoms with E-state index in [2.05, 4.69) is 20.5 Å². The number of nitrogen functional groups attached to an aromatic ring is 2. The number of sulfone groups is 1. The van der Waals surface area contributed by atoms with Gasteiger partial charge in [0.25, 0.3) is 10.1 Å². The molecule has 0 amide bonds. The van der Waals surface area contributed by atoms with Crippen molar-refractivity contribution in [1.29, 1.82) is 0 Å². The molecule has 0 atom stereocenters. The number of carbonyl (C=O) groups excluding carboxylic acids is 1. The second-order valence-electron chi connectivity index (χ2n) is 8.06. The van der Waals surface area contributed by atoms with Gasteiger partial charge in [0.15, 0.2) is 9.84 Å². The summed E-state index contributed by atoms with van der Waals surface area (Å²) in [6, 6.07) is 10.6. The predicted octanol–water partition coefficient (Wildman–Crippen LogP) is 3.88. The highest BCUT2D eigenvalue weighted by Gasteiger charge is 2.23. The Bertz CT molecular complexity index is 1740. The van der Waals surface area contributed by atoms with Crippen LogP contribution in [0, 0.1) is 0 Å². The van der Waals surface area contributed by atoms with Crippen LogP contribution in [0.3, 0.4) is 0 Å². The van der Waals surface area contributed by atoms with Crippen LogP contribution in [0.15, 0.2) is 78.8 Å². The van der Waals surface area contributed by atoms with E-state index in [4.69, 9.17) is 26.0 Å². The maximum Gasteiger partial charge on any atom is 0.340 e. The van der Waals surface area contributed by atoms with Crippen molar-refractivity contribution in [3.63, 3.8) is 0 Å². The predicted molar refractivity (Wildman–Crippen MR) is 148 cm³/mol. The van der Waals surface area contributed by atoms with Gasteiger partial charge < -0.3 is 26.0 Å². The van der Waals surface area contributed by atoms with Crippen molar-refractivity contribution in [1.82, 2.24) is 0 Å². The number of carbonyl (C=O) groups is 1. The van der Waals surface area contributed by atoms with Crippen molar-refractivity contribution >= 4 is 60.0 Å². The first-order valence-electron chi connectivity index (χ1n) is 11.6. The lowest BCUT2D eigenvalue weighted by molar-refractivity contribution is 0.0527. The zero-order valence-corrected chi connectivity index (χ0v) is 23.4. The topological polar surface area (TPSA) is 246 Å². The summed E-state index contributed by atoms with van der Waals surface area (Å²) >= 11 is 0. The van der Waals surface area contributed by atoms with Gasteiger partial charge >= 0.3 is 5.97 Å². The lowest BCUT2D eigenvalue weighted by Crippen LogP contribution is -2.09. The Morgan fingerprint density at radius 2 is 1.56 bits per heavy atom. The Morgan fingerprint density at radius 1 is 0.902 bits per heavy atom. The number of aliphatic hydroxyl groups excluding tert-OH is 1. The largest absolute Gasteiger partial charge is 0.494 e. The highest BCUT2D eigenvalue weighted by Crippen LogP contribution is 2.43. The Morgan fingerprint density at radius 3 is 2.20 bits per heavy atom. The number of hydrogen-bond acceptors (Lipinski definition) is 14. The highest BCUT2D eigenvalue weighted by molar-refractivity contribution is 7.91. The first-order chi connectivity index (χ1) is 19.3. The number of nitrogens with two attached hydrogens (primary N) is 2. The molecule has 17 heteroatoms. The normalized spacial score (nSPS) is 12.2. The van der Waals surface area contributed by atoms with E-state index in [1.807, 2.05) is 0 Å². The number of rotatable bonds is 11. The van der Waals surface area contributed by atoms with Gasteiger partial charge in [0, 0.05) is 0 Å². The van der Waals surface area contributed by atoms with E-state index in [1.54, 1.807) is 19.1 Å². The molecular weight excluding hydrogens is 580 g/mol. The summed E-state index contributed by atoms with van der Waals surface area (Å²) in [5, 5.41) is 24.8. The number of methoxy groups -OCH3 is 1. The minimum absolute atomic E-state index is 0.0517. The summed E-state index contributed by atoms with van der Waals surface area (Å²) in [5.74, 6) is -1.11. The highest BCUT2D eigenvalue weighted by atomic mass is 32.2. The quantitative estimate of drug-likeness (QED) is 0.105. The number of benzene rings is 3. The first-order valence-corrected chi connectivity index (χ1v) is 14.7. The molecule has 0 bridgehead atoms. The summed E-state index contributed by atoms with van der Waals surface area (Å²) in [6.45, 7) is 1.13. The van der Waals surface area contributed by atoms with Crippen LogP contribution >= 0.6 is 0 Å². The second kappa shape index (κ2) is 12.8. The van der Waals surface area contributed by atoms with Crippen LogP contribution in [0.25, 0.3) is 0 Å². The minimum Gasteiger partial charge on any atom is -0.494 e. The molecule has 0 aliphatic heterocycles. The SMILES string of the molecule is CCOC(=O)c1ccccc1N=Nc1c(N)c(N=Nc2cc(S(=O)(=O)CCO)ccc2OC)cc(S(=O)(=O)O)c1N. The van der Waals surface area contributed by atoms with Crippen LogP contribution in [0.5, 0.6) is 5.75 Å². The fourth-order valence-corrected chi connectivity index (χ4v) is 5.08. The van der Waals surface area contributed by atoms with Crippen LogP contribution in [0.4, 0.5) is 34.1 Å². The molecule has 0 aliphatic carbocycles. The number of aliphatic hydroxyl groups is 1. The lowest BCUT2D eigenvalue weighted by atomic mass is 10.2. The molecule has 0 spiro atoms. The summed E-state index contributed by atoms with van der Waals surface area (Å²) in [6.07, 6.45) is 0. The molecule has 0 saturated carbocycles. The Hall–Kier alpha value is -4.45. The van der Waals surface area contributed by atoms with Crippen molar-refractivity contribution < 1.29 is 40.8 Å². The fourth-order valence-electron chi connectivity index (χ4n) is 3.40.